The summed E-state index contributed by atoms with van der Waals surface area (Å²) in [7, 11) is 0. The van der Waals surface area contributed by atoms with Gasteiger partial charge in [0.2, 0.25) is 0 Å². The minimum absolute atomic E-state index is 0.323. The summed E-state index contributed by atoms with van der Waals surface area (Å²) in [4.78, 5) is 9.61. The SMILES string of the molecule is Cc1ccc2c3c([nH]c2c1)CC[C@](N)(c1nc(C)c(C)s1)C3. The molecular weight excluding hydrogens is 290 g/mol. The quantitative estimate of drug-likeness (QED) is 0.716. The highest BCUT2D eigenvalue weighted by atomic mass is 32.1. The Balaban J connectivity index is 1.81. The molecule has 0 radical (unpaired) electrons. The van der Waals surface area contributed by atoms with Crippen LogP contribution in [0.2, 0.25) is 0 Å². The molecule has 22 heavy (non-hydrogen) atoms. The maximum Gasteiger partial charge on any atom is 0.113 e. The summed E-state index contributed by atoms with van der Waals surface area (Å²) < 4.78 is 0. The summed E-state index contributed by atoms with van der Waals surface area (Å²) >= 11 is 1.76. The van der Waals surface area contributed by atoms with E-state index in [1.807, 2.05) is 0 Å². The number of nitrogens with two attached hydrogens (primary N) is 1. The van der Waals surface area contributed by atoms with Crippen molar-refractivity contribution < 1.29 is 0 Å². The van der Waals surface area contributed by atoms with Crippen molar-refractivity contribution in [3.05, 3.63) is 50.6 Å². The number of nitrogens with one attached hydrogen (secondary N) is 1. The van der Waals surface area contributed by atoms with Gasteiger partial charge in [-0.2, -0.15) is 0 Å². The summed E-state index contributed by atoms with van der Waals surface area (Å²) in [6.45, 7) is 6.33. The number of aryl methyl sites for hydroxylation is 4. The van der Waals surface area contributed by atoms with Crippen molar-refractivity contribution in [2.24, 2.45) is 5.73 Å². The summed E-state index contributed by atoms with van der Waals surface area (Å²) in [5.41, 5.74) is 12.8. The number of benzene rings is 1. The average Bonchev–Trinajstić information content (AvgIpc) is 2.99. The number of aromatic nitrogens is 2. The molecule has 3 nitrogen and oxygen atoms in total. The van der Waals surface area contributed by atoms with Gasteiger partial charge in [0.15, 0.2) is 0 Å². The molecule has 0 aliphatic heterocycles. The molecule has 3 N–H and O–H groups in total. The highest BCUT2D eigenvalue weighted by Gasteiger charge is 2.36. The molecule has 2 aromatic heterocycles. The molecule has 2 heterocycles. The van der Waals surface area contributed by atoms with E-state index in [0.29, 0.717) is 0 Å². The van der Waals surface area contributed by atoms with E-state index in [4.69, 9.17) is 10.7 Å². The Bertz CT molecular complexity index is 854. The van der Waals surface area contributed by atoms with Gasteiger partial charge < -0.3 is 10.7 Å². The maximum absolute atomic E-state index is 6.79. The first-order valence-corrected chi connectivity index (χ1v) is 8.61. The van der Waals surface area contributed by atoms with Crippen LogP contribution in [-0.4, -0.2) is 9.97 Å². The molecule has 4 rings (SSSR count). The topological polar surface area (TPSA) is 54.7 Å². The van der Waals surface area contributed by atoms with E-state index in [-0.39, 0.29) is 5.54 Å². The molecule has 114 valence electrons. The second-order valence-electron chi connectivity index (χ2n) is 6.62. The Morgan fingerprint density at radius 1 is 1.27 bits per heavy atom. The zero-order valence-electron chi connectivity index (χ0n) is 13.3. The van der Waals surface area contributed by atoms with Gasteiger partial charge in [-0.25, -0.2) is 4.98 Å². The van der Waals surface area contributed by atoms with Crippen LogP contribution in [0.5, 0.6) is 0 Å². The van der Waals surface area contributed by atoms with Crippen molar-refractivity contribution in [2.75, 3.05) is 0 Å². The lowest BCUT2D eigenvalue weighted by Crippen LogP contribution is -2.42. The Morgan fingerprint density at radius 2 is 2.09 bits per heavy atom. The van der Waals surface area contributed by atoms with Gasteiger partial charge in [-0.1, -0.05) is 12.1 Å². The lowest BCUT2D eigenvalue weighted by Gasteiger charge is -2.31. The molecule has 1 atom stereocenters. The number of H-pyrrole nitrogens is 1. The first-order valence-electron chi connectivity index (χ1n) is 7.80. The molecule has 1 aromatic carbocycles. The molecular formula is C18H21N3S. The standard InChI is InChI=1S/C18H21N3S/c1-10-4-5-13-14-9-18(19,17-20-11(2)12(3)22-17)7-6-15(14)21-16(13)8-10/h4-5,8,21H,6-7,9,19H2,1-3H3/t18-/m1/s1. The highest BCUT2D eigenvalue weighted by molar-refractivity contribution is 7.11. The van der Waals surface area contributed by atoms with Gasteiger partial charge in [0.05, 0.1) is 11.2 Å². The van der Waals surface area contributed by atoms with Crippen LogP contribution < -0.4 is 5.73 Å². The molecule has 1 aliphatic carbocycles. The molecule has 0 saturated heterocycles. The van der Waals surface area contributed by atoms with E-state index in [1.165, 1.54) is 32.6 Å². The van der Waals surface area contributed by atoms with Crippen LogP contribution in [-0.2, 0) is 18.4 Å². The number of thiazole rings is 1. The third-order valence-electron chi connectivity index (χ3n) is 4.92. The summed E-state index contributed by atoms with van der Waals surface area (Å²) in [6.07, 6.45) is 2.83. The number of nitrogens with zero attached hydrogens (tertiary/aromatic N) is 1. The predicted molar refractivity (Wildman–Crippen MR) is 92.5 cm³/mol. The van der Waals surface area contributed by atoms with Gasteiger partial charge in [0.25, 0.3) is 0 Å². The lowest BCUT2D eigenvalue weighted by molar-refractivity contribution is 0.382. The number of hydrogen-bond donors (Lipinski definition) is 2. The molecule has 0 unspecified atom stereocenters. The second kappa shape index (κ2) is 4.67. The first-order chi connectivity index (χ1) is 10.5. The number of aromatic amines is 1. The lowest BCUT2D eigenvalue weighted by atomic mass is 9.81. The van der Waals surface area contributed by atoms with Crippen molar-refractivity contribution in [3.63, 3.8) is 0 Å². The van der Waals surface area contributed by atoms with Crippen molar-refractivity contribution in [3.8, 4) is 0 Å². The van der Waals surface area contributed by atoms with Crippen molar-refractivity contribution >= 4 is 22.2 Å². The molecule has 4 heteroatoms. The molecule has 3 aromatic rings. The van der Waals surface area contributed by atoms with Crippen LogP contribution in [0.15, 0.2) is 18.2 Å². The fourth-order valence-corrected chi connectivity index (χ4v) is 4.50. The fourth-order valence-electron chi connectivity index (χ4n) is 3.46. The second-order valence-corrected chi connectivity index (χ2v) is 7.83. The normalized spacial score (nSPS) is 21.3. The molecule has 0 bridgehead atoms. The van der Waals surface area contributed by atoms with Gasteiger partial charge in [-0.15, -0.1) is 11.3 Å². The minimum atomic E-state index is -0.323. The van der Waals surface area contributed by atoms with Gasteiger partial charge >= 0.3 is 0 Å². The highest BCUT2D eigenvalue weighted by Crippen LogP contribution is 2.39. The third-order valence-corrected chi connectivity index (χ3v) is 6.21. The van der Waals surface area contributed by atoms with Crippen LogP contribution in [0.25, 0.3) is 10.9 Å². The van der Waals surface area contributed by atoms with E-state index in [9.17, 15) is 0 Å². The zero-order valence-corrected chi connectivity index (χ0v) is 14.1. The van der Waals surface area contributed by atoms with Crippen LogP contribution >= 0.6 is 11.3 Å². The van der Waals surface area contributed by atoms with Crippen molar-refractivity contribution in [1.82, 2.24) is 9.97 Å². The minimum Gasteiger partial charge on any atom is -0.358 e. The molecule has 1 aliphatic rings. The van der Waals surface area contributed by atoms with E-state index in [1.54, 1.807) is 11.3 Å². The smallest absolute Gasteiger partial charge is 0.113 e. The van der Waals surface area contributed by atoms with Crippen LogP contribution in [0.3, 0.4) is 0 Å². The van der Waals surface area contributed by atoms with Gasteiger partial charge in [-0.05, 0) is 57.2 Å². The maximum atomic E-state index is 6.79. The van der Waals surface area contributed by atoms with E-state index in [0.717, 1.165) is 30.0 Å². The van der Waals surface area contributed by atoms with Crippen LogP contribution in [0.4, 0.5) is 0 Å². The number of rotatable bonds is 1. The van der Waals surface area contributed by atoms with Gasteiger partial charge in [0.1, 0.15) is 5.01 Å². The molecule has 0 spiro atoms. The van der Waals surface area contributed by atoms with E-state index >= 15 is 0 Å². The van der Waals surface area contributed by atoms with Crippen molar-refractivity contribution in [2.45, 2.75) is 45.6 Å². The van der Waals surface area contributed by atoms with E-state index < -0.39 is 0 Å². The van der Waals surface area contributed by atoms with Crippen LogP contribution in [0, 0.1) is 20.8 Å². The molecule has 0 saturated carbocycles. The largest absolute Gasteiger partial charge is 0.358 e. The van der Waals surface area contributed by atoms with Gasteiger partial charge in [-0.3, -0.25) is 0 Å². The average molecular weight is 311 g/mol. The molecule has 0 amide bonds. The Labute approximate surface area is 134 Å². The Kier molecular flexibility index (Phi) is 2.97. The van der Waals surface area contributed by atoms with Gasteiger partial charge in [0, 0.05) is 21.5 Å². The summed E-state index contributed by atoms with van der Waals surface area (Å²) in [5, 5.41) is 2.41. The zero-order chi connectivity index (χ0) is 15.5. The van der Waals surface area contributed by atoms with E-state index in [2.05, 4.69) is 44.0 Å². The monoisotopic (exact) mass is 311 g/mol. The first kappa shape index (κ1) is 14.0. The summed E-state index contributed by atoms with van der Waals surface area (Å²) in [6, 6.07) is 6.63. The third kappa shape index (κ3) is 2.02. The fraction of sp³-hybridized carbons (Fsp3) is 0.389. The predicted octanol–water partition coefficient (Wildman–Crippen LogP) is 3.89. The van der Waals surface area contributed by atoms with Crippen LogP contribution in [0.1, 0.15) is 38.8 Å². The van der Waals surface area contributed by atoms with Crippen molar-refractivity contribution in [1.29, 1.82) is 0 Å². The number of fused-ring (bicyclic) bond motifs is 3. The number of hydrogen-bond acceptors (Lipinski definition) is 3. The Hall–Kier alpha value is -1.65. The molecule has 0 fully saturated rings. The summed E-state index contributed by atoms with van der Waals surface area (Å²) in [5.74, 6) is 0. The Morgan fingerprint density at radius 3 is 2.82 bits per heavy atom.